The fraction of sp³-hybridized carbons (Fsp3) is 0.231. The summed E-state index contributed by atoms with van der Waals surface area (Å²) in [4.78, 5) is 22.3. The second-order valence-electron chi connectivity index (χ2n) is 3.63. The molecule has 2 N–H and O–H groups in total. The molecule has 1 unspecified atom stereocenters. The molecule has 0 aromatic heterocycles. The van der Waals surface area contributed by atoms with Gasteiger partial charge in [0.15, 0.2) is 6.10 Å². The first-order valence-electron chi connectivity index (χ1n) is 5.43. The van der Waals surface area contributed by atoms with Crippen LogP contribution in [0, 0.1) is 0 Å². The van der Waals surface area contributed by atoms with Crippen LogP contribution in [0.1, 0.15) is 17.3 Å². The van der Waals surface area contributed by atoms with E-state index in [1.165, 1.54) is 12.1 Å². The van der Waals surface area contributed by atoms with Crippen molar-refractivity contribution in [3.05, 3.63) is 42.5 Å². The lowest BCUT2D eigenvalue weighted by Crippen LogP contribution is -2.36. The molecule has 0 bridgehead atoms. The lowest BCUT2D eigenvalue weighted by molar-refractivity contribution is -0.127. The second kappa shape index (κ2) is 6.44. The van der Waals surface area contributed by atoms with Gasteiger partial charge in [0.25, 0.3) is 5.91 Å². The van der Waals surface area contributed by atoms with Gasteiger partial charge in [0.2, 0.25) is 0 Å². The van der Waals surface area contributed by atoms with Gasteiger partial charge >= 0.3 is 5.97 Å². The number of carbonyl (C=O) groups excluding carboxylic acids is 1. The maximum absolute atomic E-state index is 11.5. The summed E-state index contributed by atoms with van der Waals surface area (Å²) in [6.45, 7) is 5.44. The number of ether oxygens (including phenoxy) is 1. The third-order valence-electron chi connectivity index (χ3n) is 2.18. The standard InChI is InChI=1S/C13H15NO4/c1-3-7-14-12(15)9(2)18-11-6-4-5-10(8-11)13(16)17/h3-6,8-9H,1,7H2,2H3,(H,14,15)(H,16,17). The van der Waals surface area contributed by atoms with Crippen molar-refractivity contribution in [1.82, 2.24) is 5.32 Å². The Balaban J connectivity index is 2.66. The molecule has 18 heavy (non-hydrogen) atoms. The van der Waals surface area contributed by atoms with E-state index < -0.39 is 12.1 Å². The third-order valence-corrected chi connectivity index (χ3v) is 2.18. The van der Waals surface area contributed by atoms with Crippen LogP contribution in [-0.4, -0.2) is 29.6 Å². The van der Waals surface area contributed by atoms with E-state index in [0.29, 0.717) is 12.3 Å². The largest absolute Gasteiger partial charge is 0.481 e. The maximum Gasteiger partial charge on any atom is 0.335 e. The topological polar surface area (TPSA) is 75.6 Å². The summed E-state index contributed by atoms with van der Waals surface area (Å²) in [5.74, 6) is -0.976. The molecule has 5 nitrogen and oxygen atoms in total. The Kier molecular flexibility index (Phi) is 4.92. The molecule has 0 aliphatic carbocycles. The molecule has 1 amide bonds. The van der Waals surface area contributed by atoms with Crippen molar-refractivity contribution in [1.29, 1.82) is 0 Å². The zero-order valence-electron chi connectivity index (χ0n) is 10.1. The molecule has 0 saturated carbocycles. The lowest BCUT2D eigenvalue weighted by Gasteiger charge is -2.14. The van der Waals surface area contributed by atoms with Gasteiger partial charge in [-0.2, -0.15) is 0 Å². The van der Waals surface area contributed by atoms with Crippen molar-refractivity contribution >= 4 is 11.9 Å². The molecule has 5 heteroatoms. The van der Waals surface area contributed by atoms with Gasteiger partial charge in [-0.25, -0.2) is 4.79 Å². The monoisotopic (exact) mass is 249 g/mol. The number of carboxylic acids is 1. The van der Waals surface area contributed by atoms with E-state index in [0.717, 1.165) is 0 Å². The van der Waals surface area contributed by atoms with Crippen molar-refractivity contribution < 1.29 is 19.4 Å². The second-order valence-corrected chi connectivity index (χ2v) is 3.63. The van der Waals surface area contributed by atoms with Crippen LogP contribution in [0.5, 0.6) is 5.75 Å². The zero-order valence-corrected chi connectivity index (χ0v) is 10.1. The summed E-state index contributed by atoms with van der Waals surface area (Å²) in [5, 5.41) is 11.4. The van der Waals surface area contributed by atoms with Gasteiger partial charge in [-0.05, 0) is 25.1 Å². The van der Waals surface area contributed by atoms with E-state index in [1.54, 1.807) is 25.1 Å². The molecule has 0 heterocycles. The van der Waals surface area contributed by atoms with Gasteiger partial charge < -0.3 is 15.2 Å². The zero-order chi connectivity index (χ0) is 13.5. The Bertz CT molecular complexity index is 456. The van der Waals surface area contributed by atoms with Crippen LogP contribution in [0.3, 0.4) is 0 Å². The molecule has 0 spiro atoms. The first-order valence-corrected chi connectivity index (χ1v) is 5.43. The van der Waals surface area contributed by atoms with Crippen molar-refractivity contribution in [2.75, 3.05) is 6.54 Å². The van der Waals surface area contributed by atoms with Crippen LogP contribution in [0.15, 0.2) is 36.9 Å². The summed E-state index contributed by atoms with van der Waals surface area (Å²) in [7, 11) is 0. The van der Waals surface area contributed by atoms with Crippen LogP contribution in [0.2, 0.25) is 0 Å². The molecular formula is C13H15NO4. The molecule has 0 radical (unpaired) electrons. The Morgan fingerprint density at radius 2 is 2.28 bits per heavy atom. The highest BCUT2D eigenvalue weighted by atomic mass is 16.5. The van der Waals surface area contributed by atoms with E-state index in [1.807, 2.05) is 0 Å². The quantitative estimate of drug-likeness (QED) is 0.748. The predicted octanol–water partition coefficient (Wildman–Crippen LogP) is 1.45. The van der Waals surface area contributed by atoms with Crippen molar-refractivity contribution in [2.45, 2.75) is 13.0 Å². The van der Waals surface area contributed by atoms with Gasteiger partial charge in [-0.1, -0.05) is 12.1 Å². The number of carbonyl (C=O) groups is 2. The van der Waals surface area contributed by atoms with Crippen molar-refractivity contribution in [3.8, 4) is 5.75 Å². The number of nitrogens with one attached hydrogen (secondary N) is 1. The average Bonchev–Trinajstić information content (AvgIpc) is 2.36. The molecule has 1 atom stereocenters. The normalized spacial score (nSPS) is 11.4. The predicted molar refractivity (Wildman–Crippen MR) is 66.7 cm³/mol. The van der Waals surface area contributed by atoms with Crippen LogP contribution in [-0.2, 0) is 4.79 Å². The Morgan fingerprint density at radius 1 is 1.56 bits per heavy atom. The van der Waals surface area contributed by atoms with E-state index in [9.17, 15) is 9.59 Å². The maximum atomic E-state index is 11.5. The number of benzene rings is 1. The highest BCUT2D eigenvalue weighted by Gasteiger charge is 2.14. The van der Waals surface area contributed by atoms with Gasteiger partial charge in [0.05, 0.1) is 5.56 Å². The van der Waals surface area contributed by atoms with Crippen molar-refractivity contribution in [3.63, 3.8) is 0 Å². The molecule has 0 saturated heterocycles. The Morgan fingerprint density at radius 3 is 2.89 bits per heavy atom. The van der Waals surface area contributed by atoms with Crippen LogP contribution in [0.25, 0.3) is 0 Å². The molecular weight excluding hydrogens is 234 g/mol. The fourth-order valence-electron chi connectivity index (χ4n) is 1.28. The summed E-state index contributed by atoms with van der Waals surface area (Å²) in [6, 6.07) is 5.99. The van der Waals surface area contributed by atoms with Gasteiger partial charge in [-0.15, -0.1) is 6.58 Å². The number of carboxylic acid groups (broad SMARTS) is 1. The number of rotatable bonds is 6. The molecule has 1 aromatic rings. The summed E-state index contributed by atoms with van der Waals surface area (Å²) >= 11 is 0. The van der Waals surface area contributed by atoms with Crippen LogP contribution in [0.4, 0.5) is 0 Å². The van der Waals surface area contributed by atoms with Gasteiger partial charge in [-0.3, -0.25) is 4.79 Å². The summed E-state index contributed by atoms with van der Waals surface area (Å²) in [6.07, 6.45) is 0.865. The van der Waals surface area contributed by atoms with E-state index in [-0.39, 0.29) is 11.5 Å². The number of amides is 1. The highest BCUT2D eigenvalue weighted by molar-refractivity contribution is 5.88. The highest BCUT2D eigenvalue weighted by Crippen LogP contribution is 2.15. The first-order chi connectivity index (χ1) is 8.54. The smallest absolute Gasteiger partial charge is 0.335 e. The number of hydrogen-bond donors (Lipinski definition) is 2. The Labute approximate surface area is 105 Å². The minimum atomic E-state index is -1.04. The Hall–Kier alpha value is -2.30. The average molecular weight is 249 g/mol. The summed E-state index contributed by atoms with van der Waals surface area (Å²) in [5.41, 5.74) is 0.117. The molecule has 1 aromatic carbocycles. The number of aromatic carboxylic acids is 1. The van der Waals surface area contributed by atoms with E-state index >= 15 is 0 Å². The third kappa shape index (κ3) is 3.93. The van der Waals surface area contributed by atoms with E-state index in [2.05, 4.69) is 11.9 Å². The van der Waals surface area contributed by atoms with E-state index in [4.69, 9.17) is 9.84 Å². The minimum Gasteiger partial charge on any atom is -0.481 e. The lowest BCUT2D eigenvalue weighted by atomic mass is 10.2. The minimum absolute atomic E-state index is 0.117. The number of hydrogen-bond acceptors (Lipinski definition) is 3. The van der Waals surface area contributed by atoms with Crippen LogP contribution >= 0.6 is 0 Å². The molecule has 0 aliphatic rings. The van der Waals surface area contributed by atoms with Crippen molar-refractivity contribution in [2.24, 2.45) is 0 Å². The molecule has 96 valence electrons. The SMILES string of the molecule is C=CCNC(=O)C(C)Oc1cccc(C(=O)O)c1. The fourth-order valence-corrected chi connectivity index (χ4v) is 1.28. The van der Waals surface area contributed by atoms with Gasteiger partial charge in [0, 0.05) is 6.54 Å². The summed E-state index contributed by atoms with van der Waals surface area (Å²) < 4.78 is 5.35. The molecule has 1 rings (SSSR count). The van der Waals surface area contributed by atoms with Crippen LogP contribution < -0.4 is 10.1 Å². The molecule has 0 fully saturated rings. The first kappa shape index (κ1) is 13.8. The molecule has 0 aliphatic heterocycles. The van der Waals surface area contributed by atoms with Gasteiger partial charge in [0.1, 0.15) is 5.75 Å².